The van der Waals surface area contributed by atoms with Gasteiger partial charge in [0.05, 0.1) is 5.92 Å². The van der Waals surface area contributed by atoms with Crippen LogP contribution in [0, 0.1) is 6.92 Å². The predicted octanol–water partition coefficient (Wildman–Crippen LogP) is 4.83. The lowest BCUT2D eigenvalue weighted by atomic mass is 9.86. The van der Waals surface area contributed by atoms with E-state index in [1.807, 2.05) is 0 Å². The molecule has 0 saturated heterocycles. The lowest BCUT2D eigenvalue weighted by Crippen LogP contribution is -2.54. The van der Waals surface area contributed by atoms with E-state index in [1.54, 1.807) is 0 Å². The molecule has 1 atom stereocenters. The molecular formula is C12H10F7. The van der Waals surface area contributed by atoms with Gasteiger partial charge in [-0.3, -0.25) is 0 Å². The van der Waals surface area contributed by atoms with E-state index in [0.717, 1.165) is 12.1 Å². The molecule has 0 heterocycles. The van der Waals surface area contributed by atoms with Gasteiger partial charge in [0.2, 0.25) is 0 Å². The second-order valence-electron chi connectivity index (χ2n) is 3.95. The lowest BCUT2D eigenvalue weighted by Gasteiger charge is -2.33. The highest BCUT2D eigenvalue weighted by atomic mass is 19.4. The molecule has 0 saturated carbocycles. The van der Waals surface area contributed by atoms with Crippen LogP contribution < -0.4 is 0 Å². The van der Waals surface area contributed by atoms with Crippen LogP contribution in [0.4, 0.5) is 30.7 Å². The standard InChI is InChI=1S/C12H10F7/c1-2-9(8-6-4-3-5-7-8)10(13,14)11(15,16)12(17,18)19/h3-7,9H,1-2H2. The maximum atomic E-state index is 13.5. The SMILES string of the molecule is [CH2]CC(c1ccccc1)C(F)(F)C(F)(F)C(F)(F)F. The molecule has 0 aromatic heterocycles. The molecule has 0 N–H and O–H groups in total. The summed E-state index contributed by atoms with van der Waals surface area (Å²) >= 11 is 0. The van der Waals surface area contributed by atoms with Crippen LogP contribution in [0.15, 0.2) is 30.3 Å². The van der Waals surface area contributed by atoms with Crippen LogP contribution in [0.2, 0.25) is 0 Å². The summed E-state index contributed by atoms with van der Waals surface area (Å²) in [6, 6.07) is 6.12. The van der Waals surface area contributed by atoms with Crippen molar-refractivity contribution < 1.29 is 30.7 Å². The van der Waals surface area contributed by atoms with E-state index in [1.165, 1.54) is 18.2 Å². The largest absolute Gasteiger partial charge is 0.459 e. The van der Waals surface area contributed by atoms with Crippen LogP contribution >= 0.6 is 0 Å². The summed E-state index contributed by atoms with van der Waals surface area (Å²) in [7, 11) is 0. The second-order valence-corrected chi connectivity index (χ2v) is 3.95. The summed E-state index contributed by atoms with van der Waals surface area (Å²) in [5, 5.41) is 0. The number of alkyl halides is 7. The van der Waals surface area contributed by atoms with E-state index in [-0.39, 0.29) is 5.56 Å². The fraction of sp³-hybridized carbons (Fsp3) is 0.417. The highest BCUT2D eigenvalue weighted by molar-refractivity contribution is 5.24. The highest BCUT2D eigenvalue weighted by Crippen LogP contribution is 2.53. The van der Waals surface area contributed by atoms with Gasteiger partial charge in [0.1, 0.15) is 0 Å². The summed E-state index contributed by atoms with van der Waals surface area (Å²) < 4.78 is 89.2. The Morgan fingerprint density at radius 3 is 1.74 bits per heavy atom. The topological polar surface area (TPSA) is 0 Å². The average Bonchev–Trinajstić information content (AvgIpc) is 2.29. The highest BCUT2D eigenvalue weighted by Gasteiger charge is 2.74. The van der Waals surface area contributed by atoms with Gasteiger partial charge in [0, 0.05) is 0 Å². The first kappa shape index (κ1) is 15.8. The van der Waals surface area contributed by atoms with E-state index in [9.17, 15) is 30.7 Å². The van der Waals surface area contributed by atoms with Crippen LogP contribution in [0.25, 0.3) is 0 Å². The quantitative estimate of drug-likeness (QED) is 0.696. The number of hydrogen-bond donors (Lipinski definition) is 0. The van der Waals surface area contributed by atoms with Crippen LogP contribution in [0.3, 0.4) is 0 Å². The van der Waals surface area contributed by atoms with Crippen molar-refractivity contribution >= 4 is 0 Å². The first-order valence-electron chi connectivity index (χ1n) is 5.22. The molecule has 0 fully saturated rings. The third-order valence-corrected chi connectivity index (χ3v) is 2.70. The molecule has 7 heteroatoms. The van der Waals surface area contributed by atoms with Gasteiger partial charge >= 0.3 is 18.0 Å². The number of halogens is 7. The van der Waals surface area contributed by atoms with Crippen molar-refractivity contribution in [2.24, 2.45) is 0 Å². The van der Waals surface area contributed by atoms with Crippen molar-refractivity contribution in [3.63, 3.8) is 0 Å². The smallest absolute Gasteiger partial charge is 0.199 e. The van der Waals surface area contributed by atoms with Gasteiger partial charge < -0.3 is 0 Å². The van der Waals surface area contributed by atoms with Gasteiger partial charge in [-0.25, -0.2) is 0 Å². The summed E-state index contributed by atoms with van der Waals surface area (Å²) in [6.45, 7) is 3.04. The zero-order valence-corrected chi connectivity index (χ0v) is 9.52. The predicted molar refractivity (Wildman–Crippen MR) is 55.1 cm³/mol. The van der Waals surface area contributed by atoms with Crippen molar-refractivity contribution in [2.45, 2.75) is 30.4 Å². The number of rotatable bonds is 4. The monoisotopic (exact) mass is 287 g/mol. The van der Waals surface area contributed by atoms with Crippen LogP contribution in [-0.4, -0.2) is 18.0 Å². The molecule has 0 aliphatic rings. The Labute approximate surface area is 105 Å². The summed E-state index contributed by atoms with van der Waals surface area (Å²) in [5.74, 6) is -13.7. The van der Waals surface area contributed by atoms with Crippen molar-refractivity contribution in [1.82, 2.24) is 0 Å². The van der Waals surface area contributed by atoms with Crippen molar-refractivity contribution in [1.29, 1.82) is 0 Å². The van der Waals surface area contributed by atoms with Crippen molar-refractivity contribution in [2.75, 3.05) is 0 Å². The molecule has 0 amide bonds. The Bertz CT molecular complexity index is 408. The fourth-order valence-electron chi connectivity index (χ4n) is 1.65. The molecule has 1 aromatic rings. The van der Waals surface area contributed by atoms with Crippen LogP contribution in [-0.2, 0) is 0 Å². The van der Waals surface area contributed by atoms with Crippen LogP contribution in [0.1, 0.15) is 17.9 Å². The van der Waals surface area contributed by atoms with E-state index < -0.39 is 30.4 Å². The maximum Gasteiger partial charge on any atom is 0.459 e. The average molecular weight is 287 g/mol. The second kappa shape index (κ2) is 5.02. The molecule has 1 unspecified atom stereocenters. The Kier molecular flexibility index (Phi) is 4.17. The minimum Gasteiger partial charge on any atom is -0.199 e. The Morgan fingerprint density at radius 1 is 0.895 bits per heavy atom. The summed E-state index contributed by atoms with van der Waals surface area (Å²) in [5.41, 5.74) is -0.313. The zero-order valence-electron chi connectivity index (χ0n) is 9.52. The van der Waals surface area contributed by atoms with E-state index in [2.05, 4.69) is 6.92 Å². The third-order valence-electron chi connectivity index (χ3n) is 2.70. The minimum atomic E-state index is -6.32. The zero-order chi connectivity index (χ0) is 14.9. The molecule has 1 aromatic carbocycles. The molecule has 0 nitrogen and oxygen atoms in total. The number of benzene rings is 1. The Hall–Kier alpha value is -1.27. The van der Waals surface area contributed by atoms with Crippen molar-refractivity contribution in [3.05, 3.63) is 42.8 Å². The third kappa shape index (κ3) is 2.69. The fourth-order valence-corrected chi connectivity index (χ4v) is 1.65. The van der Waals surface area contributed by atoms with Gasteiger partial charge in [-0.1, -0.05) is 37.3 Å². The van der Waals surface area contributed by atoms with Crippen LogP contribution in [0.5, 0.6) is 0 Å². The normalized spacial score (nSPS) is 15.4. The van der Waals surface area contributed by atoms with E-state index >= 15 is 0 Å². The molecule has 0 spiro atoms. The molecule has 0 aliphatic carbocycles. The van der Waals surface area contributed by atoms with Gasteiger partial charge in [0.15, 0.2) is 0 Å². The van der Waals surface area contributed by atoms with Gasteiger partial charge in [-0.15, -0.1) is 0 Å². The molecular weight excluding hydrogens is 277 g/mol. The van der Waals surface area contributed by atoms with Gasteiger partial charge in [-0.05, 0) is 12.0 Å². The molecule has 1 radical (unpaired) electrons. The molecule has 107 valence electrons. The number of hydrogen-bond acceptors (Lipinski definition) is 0. The summed E-state index contributed by atoms with van der Waals surface area (Å²) in [4.78, 5) is 0. The molecule has 1 rings (SSSR count). The first-order chi connectivity index (χ1) is 8.55. The molecule has 19 heavy (non-hydrogen) atoms. The van der Waals surface area contributed by atoms with Gasteiger partial charge in [0.25, 0.3) is 0 Å². The summed E-state index contributed by atoms with van der Waals surface area (Å²) in [6.07, 6.45) is -7.11. The Balaban J connectivity index is 3.24. The first-order valence-corrected chi connectivity index (χ1v) is 5.22. The molecule has 0 bridgehead atoms. The minimum absolute atomic E-state index is 0.313. The van der Waals surface area contributed by atoms with E-state index in [0.29, 0.717) is 0 Å². The Morgan fingerprint density at radius 2 is 1.37 bits per heavy atom. The van der Waals surface area contributed by atoms with E-state index in [4.69, 9.17) is 0 Å². The maximum absolute atomic E-state index is 13.5. The van der Waals surface area contributed by atoms with Crippen molar-refractivity contribution in [3.8, 4) is 0 Å². The van der Waals surface area contributed by atoms with Gasteiger partial charge in [-0.2, -0.15) is 30.7 Å². The lowest BCUT2D eigenvalue weighted by molar-refractivity contribution is -0.359. The molecule has 0 aliphatic heterocycles.